The number of hydrogen-bond acceptors (Lipinski definition) is 4. The van der Waals surface area contributed by atoms with E-state index in [1.165, 1.54) is 0 Å². The summed E-state index contributed by atoms with van der Waals surface area (Å²) < 4.78 is 0. The van der Waals surface area contributed by atoms with Gasteiger partial charge in [0.15, 0.2) is 0 Å². The molecule has 1 heterocycles. The van der Waals surface area contributed by atoms with Crippen molar-refractivity contribution in [2.45, 2.75) is 6.92 Å². The first-order valence-corrected chi connectivity index (χ1v) is 5.65. The zero-order valence-corrected chi connectivity index (χ0v) is 10.2. The highest BCUT2D eigenvalue weighted by Gasteiger charge is 2.35. The third-order valence-electron chi connectivity index (χ3n) is 2.92. The summed E-state index contributed by atoms with van der Waals surface area (Å²) in [6.45, 7) is 1.86. The van der Waals surface area contributed by atoms with Gasteiger partial charge in [-0.1, -0.05) is 18.2 Å². The molecule has 0 saturated carbocycles. The molecule has 1 aliphatic heterocycles. The van der Waals surface area contributed by atoms with Gasteiger partial charge in [0.1, 0.15) is 17.7 Å². The lowest BCUT2D eigenvalue weighted by molar-refractivity contribution is -0.122. The molecule has 0 unspecified atom stereocenters. The van der Waals surface area contributed by atoms with E-state index in [1.54, 1.807) is 43.3 Å². The van der Waals surface area contributed by atoms with Crippen LogP contribution in [-0.2, 0) is 4.79 Å². The summed E-state index contributed by atoms with van der Waals surface area (Å²) in [5.74, 6) is -0.994. The largest absolute Gasteiger partial charge is 0.275 e. The van der Waals surface area contributed by atoms with E-state index in [0.29, 0.717) is 11.1 Å². The Hall–Kier alpha value is -2.92. The normalized spacial score (nSPS) is 13.6. The van der Waals surface area contributed by atoms with Crippen LogP contribution in [0.1, 0.15) is 22.8 Å². The van der Waals surface area contributed by atoms with Crippen molar-refractivity contribution in [2.24, 2.45) is 0 Å². The Labute approximate surface area is 110 Å². The molecule has 2 amide bonds. The van der Waals surface area contributed by atoms with E-state index in [0.717, 1.165) is 4.90 Å². The van der Waals surface area contributed by atoms with Gasteiger partial charge >= 0.3 is 0 Å². The number of likely N-dealkylation sites (N-methyl/N-ethyl adjacent to an activating group) is 1. The zero-order chi connectivity index (χ0) is 14.0. The number of fused-ring (bicyclic) bond motifs is 1. The smallest absolute Gasteiger partial charge is 0.263 e. The number of imide groups is 1. The maximum Gasteiger partial charge on any atom is 0.263 e. The molecule has 1 aromatic rings. The van der Waals surface area contributed by atoms with Gasteiger partial charge in [-0.2, -0.15) is 10.5 Å². The molecular formula is C14H9N3O2. The Kier molecular flexibility index (Phi) is 3.14. The summed E-state index contributed by atoms with van der Waals surface area (Å²) in [5.41, 5.74) is 0.410. The predicted octanol–water partition coefficient (Wildman–Crippen LogP) is 1.49. The molecule has 0 bridgehead atoms. The van der Waals surface area contributed by atoms with Crippen LogP contribution in [0.4, 0.5) is 0 Å². The Balaban J connectivity index is 2.83. The van der Waals surface area contributed by atoms with Crippen molar-refractivity contribution in [1.82, 2.24) is 4.90 Å². The second kappa shape index (κ2) is 4.75. The minimum atomic E-state index is -0.593. The SMILES string of the molecule is CCN1C(=O)C(=C(C#N)C#N)c2ccccc2C1=O. The van der Waals surface area contributed by atoms with Crippen molar-refractivity contribution >= 4 is 17.4 Å². The Morgan fingerprint density at radius 2 is 1.68 bits per heavy atom. The molecule has 0 saturated heterocycles. The molecule has 1 aliphatic rings. The van der Waals surface area contributed by atoms with Crippen molar-refractivity contribution in [3.05, 3.63) is 41.0 Å². The van der Waals surface area contributed by atoms with Gasteiger partial charge in [-0.15, -0.1) is 0 Å². The van der Waals surface area contributed by atoms with Crippen LogP contribution in [0, 0.1) is 22.7 Å². The monoisotopic (exact) mass is 251 g/mol. The third kappa shape index (κ3) is 1.78. The highest BCUT2D eigenvalue weighted by Crippen LogP contribution is 2.30. The zero-order valence-electron chi connectivity index (χ0n) is 10.2. The number of benzene rings is 1. The quantitative estimate of drug-likeness (QED) is 0.430. The summed E-state index contributed by atoms with van der Waals surface area (Å²) in [6.07, 6.45) is 0. The third-order valence-corrected chi connectivity index (χ3v) is 2.92. The number of amides is 2. The van der Waals surface area contributed by atoms with Crippen molar-refractivity contribution in [3.63, 3.8) is 0 Å². The molecule has 0 aromatic heterocycles. The van der Waals surface area contributed by atoms with Crippen LogP contribution in [0.5, 0.6) is 0 Å². The number of nitriles is 2. The van der Waals surface area contributed by atoms with Gasteiger partial charge in [-0.3, -0.25) is 14.5 Å². The van der Waals surface area contributed by atoms with Crippen LogP contribution in [0.2, 0.25) is 0 Å². The average molecular weight is 251 g/mol. The first-order valence-electron chi connectivity index (χ1n) is 5.65. The van der Waals surface area contributed by atoms with Crippen molar-refractivity contribution in [2.75, 3.05) is 6.54 Å². The van der Waals surface area contributed by atoms with Crippen LogP contribution in [-0.4, -0.2) is 23.3 Å². The lowest BCUT2D eigenvalue weighted by atomic mass is 9.90. The fourth-order valence-corrected chi connectivity index (χ4v) is 2.04. The van der Waals surface area contributed by atoms with E-state index in [4.69, 9.17) is 10.5 Å². The van der Waals surface area contributed by atoms with Gasteiger partial charge in [0, 0.05) is 17.7 Å². The van der Waals surface area contributed by atoms with E-state index < -0.39 is 11.8 Å². The predicted molar refractivity (Wildman–Crippen MR) is 66.3 cm³/mol. The molecule has 0 aliphatic carbocycles. The summed E-state index contributed by atoms with van der Waals surface area (Å²) in [6, 6.07) is 9.92. The number of rotatable bonds is 1. The second-order valence-corrected chi connectivity index (χ2v) is 3.87. The summed E-state index contributed by atoms with van der Waals surface area (Å²) >= 11 is 0. The van der Waals surface area contributed by atoms with Gasteiger partial charge in [0.25, 0.3) is 11.8 Å². The standard InChI is InChI=1S/C14H9N3O2/c1-2-17-13(18)11-6-4-3-5-10(11)12(14(17)19)9(7-15)8-16/h3-6H,2H2,1H3. The molecule has 0 radical (unpaired) electrons. The van der Waals surface area contributed by atoms with Crippen LogP contribution in [0.25, 0.3) is 5.57 Å². The lowest BCUT2D eigenvalue weighted by Gasteiger charge is -2.27. The molecule has 92 valence electrons. The first-order chi connectivity index (χ1) is 9.15. The van der Waals surface area contributed by atoms with E-state index in [1.807, 2.05) is 0 Å². The summed E-state index contributed by atoms with van der Waals surface area (Å²) in [5, 5.41) is 17.9. The van der Waals surface area contributed by atoms with Gasteiger partial charge in [0.05, 0.1) is 5.57 Å². The van der Waals surface area contributed by atoms with Crippen molar-refractivity contribution in [1.29, 1.82) is 10.5 Å². The summed E-state index contributed by atoms with van der Waals surface area (Å²) in [4.78, 5) is 25.4. The van der Waals surface area contributed by atoms with E-state index in [2.05, 4.69) is 0 Å². The van der Waals surface area contributed by atoms with E-state index in [9.17, 15) is 9.59 Å². The molecule has 0 N–H and O–H groups in total. The summed E-state index contributed by atoms with van der Waals surface area (Å²) in [7, 11) is 0. The molecule has 2 rings (SSSR count). The molecule has 0 fully saturated rings. The van der Waals surface area contributed by atoms with E-state index in [-0.39, 0.29) is 17.7 Å². The fraction of sp³-hybridized carbons (Fsp3) is 0.143. The number of carbonyl (C=O) groups is 2. The Morgan fingerprint density at radius 1 is 1.11 bits per heavy atom. The molecule has 1 aromatic carbocycles. The van der Waals surface area contributed by atoms with Crippen LogP contribution < -0.4 is 0 Å². The van der Waals surface area contributed by atoms with Gasteiger partial charge in [-0.05, 0) is 13.0 Å². The first kappa shape index (κ1) is 12.5. The van der Waals surface area contributed by atoms with Crippen molar-refractivity contribution in [3.8, 4) is 12.1 Å². The number of hydrogen-bond donors (Lipinski definition) is 0. The Bertz CT molecular complexity index is 673. The maximum atomic E-state index is 12.2. The topological polar surface area (TPSA) is 85.0 Å². The number of nitrogens with zero attached hydrogens (tertiary/aromatic N) is 3. The highest BCUT2D eigenvalue weighted by atomic mass is 16.2. The van der Waals surface area contributed by atoms with Crippen LogP contribution in [0.15, 0.2) is 29.8 Å². The minimum absolute atomic E-state index is 0.00190. The van der Waals surface area contributed by atoms with Crippen LogP contribution in [0.3, 0.4) is 0 Å². The average Bonchev–Trinajstić information content (AvgIpc) is 2.44. The van der Waals surface area contributed by atoms with E-state index >= 15 is 0 Å². The van der Waals surface area contributed by atoms with Gasteiger partial charge < -0.3 is 0 Å². The maximum absolute atomic E-state index is 12.2. The van der Waals surface area contributed by atoms with Crippen molar-refractivity contribution < 1.29 is 9.59 Å². The molecule has 0 spiro atoms. The number of carbonyl (C=O) groups excluding carboxylic acids is 2. The second-order valence-electron chi connectivity index (χ2n) is 3.87. The van der Waals surface area contributed by atoms with Gasteiger partial charge in [-0.25, -0.2) is 0 Å². The van der Waals surface area contributed by atoms with Crippen LogP contribution >= 0.6 is 0 Å². The number of allylic oxidation sites excluding steroid dienone is 1. The Morgan fingerprint density at radius 3 is 2.21 bits per heavy atom. The highest BCUT2D eigenvalue weighted by molar-refractivity contribution is 6.32. The molecular weight excluding hydrogens is 242 g/mol. The minimum Gasteiger partial charge on any atom is -0.275 e. The molecule has 5 heteroatoms. The lowest BCUT2D eigenvalue weighted by Crippen LogP contribution is -2.41. The fourth-order valence-electron chi connectivity index (χ4n) is 2.04. The molecule has 5 nitrogen and oxygen atoms in total. The molecule has 0 atom stereocenters. The van der Waals surface area contributed by atoms with Gasteiger partial charge in [0.2, 0.25) is 0 Å². The molecule has 19 heavy (non-hydrogen) atoms.